The first-order chi connectivity index (χ1) is 8.45. The van der Waals surface area contributed by atoms with Crippen LogP contribution in [0, 0.1) is 10.1 Å². The minimum absolute atomic E-state index is 0.147. The van der Waals surface area contributed by atoms with Gasteiger partial charge in [-0.25, -0.2) is 0 Å². The quantitative estimate of drug-likeness (QED) is 0.529. The summed E-state index contributed by atoms with van der Waals surface area (Å²) in [4.78, 5) is 21.7. The number of halogens is 1. The lowest BCUT2D eigenvalue weighted by molar-refractivity contribution is -0.385. The standard InChI is InChI=1S/C10H11ClN2O5/c11-6-1-2-8(9(3-6)13(17)18)10(16)12-4-7(15)5-14/h1-3,7,14-15H,4-5H2,(H,12,16). The monoisotopic (exact) mass is 274 g/mol. The summed E-state index contributed by atoms with van der Waals surface area (Å²) in [5, 5.41) is 30.8. The van der Waals surface area contributed by atoms with Gasteiger partial charge in [0.1, 0.15) is 5.56 Å². The lowest BCUT2D eigenvalue weighted by Crippen LogP contribution is -2.34. The van der Waals surface area contributed by atoms with Crippen LogP contribution < -0.4 is 5.32 Å². The summed E-state index contributed by atoms with van der Waals surface area (Å²) < 4.78 is 0. The molecule has 3 N–H and O–H groups in total. The van der Waals surface area contributed by atoms with Crippen LogP contribution in [0.1, 0.15) is 10.4 Å². The summed E-state index contributed by atoms with van der Waals surface area (Å²) in [7, 11) is 0. The summed E-state index contributed by atoms with van der Waals surface area (Å²) in [5.41, 5.74) is -0.576. The first-order valence-electron chi connectivity index (χ1n) is 4.96. The molecule has 0 saturated heterocycles. The molecule has 1 rings (SSSR count). The molecule has 18 heavy (non-hydrogen) atoms. The van der Waals surface area contributed by atoms with Crippen LogP contribution in [-0.2, 0) is 0 Å². The van der Waals surface area contributed by atoms with E-state index in [2.05, 4.69) is 5.32 Å². The molecule has 0 heterocycles. The first kappa shape index (κ1) is 14.4. The Labute approximate surface area is 107 Å². The number of rotatable bonds is 5. The molecule has 1 atom stereocenters. The molecule has 0 aliphatic rings. The molecule has 1 aromatic carbocycles. The van der Waals surface area contributed by atoms with Crippen LogP contribution >= 0.6 is 11.6 Å². The van der Waals surface area contributed by atoms with Gasteiger partial charge in [-0.1, -0.05) is 11.6 Å². The van der Waals surface area contributed by atoms with Gasteiger partial charge in [-0.2, -0.15) is 0 Å². The van der Waals surface area contributed by atoms with E-state index in [1.54, 1.807) is 0 Å². The van der Waals surface area contributed by atoms with Crippen molar-refractivity contribution in [1.82, 2.24) is 5.32 Å². The number of nitrogens with zero attached hydrogens (tertiary/aromatic N) is 1. The van der Waals surface area contributed by atoms with Crippen molar-refractivity contribution >= 4 is 23.2 Å². The van der Waals surface area contributed by atoms with Crippen LogP contribution in [0.2, 0.25) is 5.02 Å². The number of nitro groups is 1. The number of nitro benzene ring substituents is 1. The largest absolute Gasteiger partial charge is 0.394 e. The van der Waals surface area contributed by atoms with Gasteiger partial charge in [0.2, 0.25) is 0 Å². The van der Waals surface area contributed by atoms with E-state index in [0.717, 1.165) is 6.07 Å². The van der Waals surface area contributed by atoms with E-state index in [4.69, 9.17) is 21.8 Å². The van der Waals surface area contributed by atoms with Gasteiger partial charge in [0.05, 0.1) is 17.6 Å². The molecule has 0 aromatic heterocycles. The number of aliphatic hydroxyl groups is 2. The minimum atomic E-state index is -1.11. The zero-order valence-electron chi connectivity index (χ0n) is 9.17. The van der Waals surface area contributed by atoms with Crippen molar-refractivity contribution in [1.29, 1.82) is 0 Å². The maximum absolute atomic E-state index is 11.7. The van der Waals surface area contributed by atoms with Gasteiger partial charge in [0, 0.05) is 17.6 Å². The van der Waals surface area contributed by atoms with Crippen molar-refractivity contribution in [3.8, 4) is 0 Å². The van der Waals surface area contributed by atoms with Crippen LogP contribution in [0.15, 0.2) is 18.2 Å². The number of carbonyl (C=O) groups is 1. The molecule has 0 spiro atoms. The number of carbonyl (C=O) groups excluding carboxylic acids is 1. The number of benzene rings is 1. The number of nitrogens with one attached hydrogen (secondary N) is 1. The van der Waals surface area contributed by atoms with E-state index in [-0.39, 0.29) is 17.1 Å². The molecule has 0 saturated carbocycles. The predicted molar refractivity (Wildman–Crippen MR) is 63.5 cm³/mol. The molecule has 1 amide bonds. The van der Waals surface area contributed by atoms with Crippen LogP contribution in [0.3, 0.4) is 0 Å². The van der Waals surface area contributed by atoms with Crippen molar-refractivity contribution in [2.45, 2.75) is 6.10 Å². The maximum atomic E-state index is 11.7. The Morgan fingerprint density at radius 1 is 1.56 bits per heavy atom. The van der Waals surface area contributed by atoms with Gasteiger partial charge in [0.15, 0.2) is 0 Å². The molecule has 0 aliphatic carbocycles. The summed E-state index contributed by atoms with van der Waals surface area (Å²) in [6.07, 6.45) is -1.11. The molecule has 0 bridgehead atoms. The van der Waals surface area contributed by atoms with Gasteiger partial charge in [-0.05, 0) is 12.1 Å². The summed E-state index contributed by atoms with van der Waals surface area (Å²) in [6.45, 7) is -0.710. The van der Waals surface area contributed by atoms with Crippen LogP contribution in [0.25, 0.3) is 0 Å². The second-order valence-electron chi connectivity index (χ2n) is 3.47. The average Bonchev–Trinajstić information content (AvgIpc) is 2.35. The molecule has 0 aliphatic heterocycles. The Kier molecular flexibility index (Phi) is 5.02. The second kappa shape index (κ2) is 6.29. The average molecular weight is 275 g/mol. The molecule has 7 nitrogen and oxygen atoms in total. The van der Waals surface area contributed by atoms with Crippen LogP contribution in [0.5, 0.6) is 0 Å². The Balaban J connectivity index is 2.88. The molecular weight excluding hydrogens is 264 g/mol. The zero-order valence-corrected chi connectivity index (χ0v) is 9.92. The predicted octanol–water partition coefficient (Wildman–Crippen LogP) is 0.331. The van der Waals surface area contributed by atoms with Gasteiger partial charge in [0.25, 0.3) is 11.6 Å². The highest BCUT2D eigenvalue weighted by Gasteiger charge is 2.20. The van der Waals surface area contributed by atoms with Gasteiger partial charge >= 0.3 is 0 Å². The Morgan fingerprint density at radius 3 is 2.78 bits per heavy atom. The van der Waals surface area contributed by atoms with Crippen molar-refractivity contribution in [2.75, 3.05) is 13.2 Å². The number of hydrogen-bond donors (Lipinski definition) is 3. The fourth-order valence-corrected chi connectivity index (χ4v) is 1.38. The molecule has 1 aromatic rings. The lowest BCUT2D eigenvalue weighted by Gasteiger charge is -2.09. The van der Waals surface area contributed by atoms with Crippen LogP contribution in [0.4, 0.5) is 5.69 Å². The van der Waals surface area contributed by atoms with Gasteiger partial charge in [-0.3, -0.25) is 14.9 Å². The third-order valence-corrected chi connectivity index (χ3v) is 2.35. The zero-order chi connectivity index (χ0) is 13.7. The SMILES string of the molecule is O=C(NCC(O)CO)c1ccc(Cl)cc1[N+](=O)[O-]. The third-order valence-electron chi connectivity index (χ3n) is 2.11. The van der Waals surface area contributed by atoms with Crippen molar-refractivity contribution in [3.63, 3.8) is 0 Å². The van der Waals surface area contributed by atoms with Crippen molar-refractivity contribution in [2.24, 2.45) is 0 Å². The maximum Gasteiger partial charge on any atom is 0.283 e. The Bertz CT molecular complexity index is 466. The van der Waals surface area contributed by atoms with E-state index in [1.165, 1.54) is 12.1 Å². The highest BCUT2D eigenvalue weighted by Crippen LogP contribution is 2.22. The Morgan fingerprint density at radius 2 is 2.22 bits per heavy atom. The highest BCUT2D eigenvalue weighted by atomic mass is 35.5. The molecule has 8 heteroatoms. The number of amides is 1. The first-order valence-corrected chi connectivity index (χ1v) is 5.34. The van der Waals surface area contributed by atoms with Gasteiger partial charge < -0.3 is 15.5 Å². The molecule has 0 radical (unpaired) electrons. The third kappa shape index (κ3) is 3.66. The summed E-state index contributed by atoms with van der Waals surface area (Å²) >= 11 is 5.61. The van der Waals surface area contributed by atoms with E-state index in [9.17, 15) is 14.9 Å². The highest BCUT2D eigenvalue weighted by molar-refractivity contribution is 6.31. The van der Waals surface area contributed by atoms with E-state index in [0.29, 0.717) is 0 Å². The smallest absolute Gasteiger partial charge is 0.283 e. The minimum Gasteiger partial charge on any atom is -0.394 e. The summed E-state index contributed by atoms with van der Waals surface area (Å²) in [6, 6.07) is 3.64. The summed E-state index contributed by atoms with van der Waals surface area (Å²) in [5.74, 6) is -0.717. The van der Waals surface area contributed by atoms with E-state index < -0.39 is 29.2 Å². The molecule has 98 valence electrons. The molecular formula is C10H11ClN2O5. The molecule has 0 fully saturated rings. The Hall–Kier alpha value is -1.70. The van der Waals surface area contributed by atoms with E-state index in [1.807, 2.05) is 0 Å². The normalized spacial score (nSPS) is 11.9. The number of aliphatic hydroxyl groups excluding tert-OH is 2. The lowest BCUT2D eigenvalue weighted by atomic mass is 10.1. The van der Waals surface area contributed by atoms with Gasteiger partial charge in [-0.15, -0.1) is 0 Å². The topological polar surface area (TPSA) is 113 Å². The fraction of sp³-hybridized carbons (Fsp3) is 0.300. The van der Waals surface area contributed by atoms with Crippen molar-refractivity contribution in [3.05, 3.63) is 38.9 Å². The number of hydrogen-bond acceptors (Lipinski definition) is 5. The second-order valence-corrected chi connectivity index (χ2v) is 3.90. The fourth-order valence-electron chi connectivity index (χ4n) is 1.22. The molecule has 1 unspecified atom stereocenters. The van der Waals surface area contributed by atoms with E-state index >= 15 is 0 Å². The van der Waals surface area contributed by atoms with Crippen LogP contribution in [-0.4, -0.2) is 40.3 Å². The van der Waals surface area contributed by atoms with Crippen molar-refractivity contribution < 1.29 is 19.9 Å².